The van der Waals surface area contributed by atoms with Gasteiger partial charge in [0.05, 0.1) is 12.5 Å². The fourth-order valence-electron chi connectivity index (χ4n) is 2.36. The number of aromatic nitrogens is 2. The number of hydrogen-bond acceptors (Lipinski definition) is 7. The second-order valence-electron chi connectivity index (χ2n) is 4.91. The summed E-state index contributed by atoms with van der Waals surface area (Å²) >= 11 is 0. The molecule has 1 N–H and O–H groups in total. The van der Waals surface area contributed by atoms with Crippen LogP contribution < -0.4 is 5.32 Å². The number of hydrogen-bond donors (Lipinski definition) is 1. The number of nitrogens with zero attached hydrogens (tertiary/aromatic N) is 3. The second kappa shape index (κ2) is 5.54. The molecule has 0 unspecified atom stereocenters. The molecule has 0 bridgehead atoms. The van der Waals surface area contributed by atoms with E-state index in [-0.39, 0.29) is 11.9 Å². The summed E-state index contributed by atoms with van der Waals surface area (Å²) in [6, 6.07) is 2.45. The van der Waals surface area contributed by atoms with Gasteiger partial charge in [-0.25, -0.2) is 8.42 Å². The zero-order valence-corrected chi connectivity index (χ0v) is 12.5. The van der Waals surface area contributed by atoms with Gasteiger partial charge in [-0.2, -0.15) is 4.31 Å². The van der Waals surface area contributed by atoms with Crippen molar-refractivity contribution in [3.63, 3.8) is 0 Å². The Labute approximate surface area is 126 Å². The van der Waals surface area contributed by atoms with Crippen molar-refractivity contribution in [1.29, 1.82) is 0 Å². The molecular formula is C12H14N4O5S. The lowest BCUT2D eigenvalue weighted by Gasteiger charge is -2.20. The lowest BCUT2D eigenvalue weighted by molar-refractivity contribution is -0.119. The van der Waals surface area contributed by atoms with Gasteiger partial charge in [-0.05, 0) is 25.0 Å². The van der Waals surface area contributed by atoms with Crippen molar-refractivity contribution in [2.45, 2.75) is 18.9 Å². The lowest BCUT2D eigenvalue weighted by atomic mass is 10.2. The van der Waals surface area contributed by atoms with Gasteiger partial charge in [-0.15, -0.1) is 5.10 Å². The van der Waals surface area contributed by atoms with Crippen LogP contribution in [0.4, 0.5) is 6.01 Å². The maximum absolute atomic E-state index is 12.2. The average Bonchev–Trinajstić information content (AvgIpc) is 3.19. The van der Waals surface area contributed by atoms with Crippen molar-refractivity contribution in [3.8, 4) is 11.7 Å². The van der Waals surface area contributed by atoms with Crippen molar-refractivity contribution >= 4 is 21.9 Å². The van der Waals surface area contributed by atoms with Gasteiger partial charge in [-0.1, -0.05) is 5.10 Å². The van der Waals surface area contributed by atoms with Gasteiger partial charge in [0.2, 0.25) is 15.9 Å². The molecule has 1 aliphatic rings. The monoisotopic (exact) mass is 326 g/mol. The van der Waals surface area contributed by atoms with Crippen LogP contribution in [0, 0.1) is 0 Å². The van der Waals surface area contributed by atoms with E-state index in [9.17, 15) is 13.2 Å². The minimum absolute atomic E-state index is 0.100. The van der Waals surface area contributed by atoms with Crippen LogP contribution in [0.3, 0.4) is 0 Å². The number of anilines is 1. The first-order chi connectivity index (χ1) is 10.4. The summed E-state index contributed by atoms with van der Waals surface area (Å²) in [5, 5.41) is 9.88. The molecule has 0 radical (unpaired) electrons. The van der Waals surface area contributed by atoms with Crippen molar-refractivity contribution in [2.24, 2.45) is 0 Å². The quantitative estimate of drug-likeness (QED) is 0.878. The SMILES string of the molecule is CS(=O)(=O)N1CCC[C@H]1C(=O)Nc1nnc(-c2ccco2)o1. The van der Waals surface area contributed by atoms with Crippen LogP contribution in [0.2, 0.25) is 0 Å². The van der Waals surface area contributed by atoms with Gasteiger partial charge in [-0.3, -0.25) is 10.1 Å². The summed E-state index contributed by atoms with van der Waals surface area (Å²) in [5.41, 5.74) is 0. The molecule has 1 atom stereocenters. The fourth-order valence-corrected chi connectivity index (χ4v) is 3.49. The molecule has 3 heterocycles. The first-order valence-electron chi connectivity index (χ1n) is 6.60. The van der Waals surface area contributed by atoms with Gasteiger partial charge < -0.3 is 8.83 Å². The number of furan rings is 1. The van der Waals surface area contributed by atoms with E-state index >= 15 is 0 Å². The Kier molecular flexibility index (Phi) is 3.71. The largest absolute Gasteiger partial charge is 0.459 e. The Bertz CT molecular complexity index is 767. The summed E-state index contributed by atoms with van der Waals surface area (Å²) in [4.78, 5) is 12.2. The van der Waals surface area contributed by atoms with Crippen LogP contribution in [0.5, 0.6) is 0 Å². The molecule has 0 spiro atoms. The predicted octanol–water partition coefficient (Wildman–Crippen LogP) is 0.692. The van der Waals surface area contributed by atoms with E-state index in [0.29, 0.717) is 25.1 Å². The zero-order chi connectivity index (χ0) is 15.7. The van der Waals surface area contributed by atoms with E-state index in [1.807, 2.05) is 0 Å². The van der Waals surface area contributed by atoms with Crippen molar-refractivity contribution in [1.82, 2.24) is 14.5 Å². The number of carbonyl (C=O) groups excluding carboxylic acids is 1. The minimum Gasteiger partial charge on any atom is -0.459 e. The highest BCUT2D eigenvalue weighted by molar-refractivity contribution is 7.88. The molecule has 10 heteroatoms. The molecule has 1 saturated heterocycles. The van der Waals surface area contributed by atoms with E-state index in [1.54, 1.807) is 12.1 Å². The van der Waals surface area contributed by atoms with Crippen LogP contribution in [-0.2, 0) is 14.8 Å². The number of sulfonamides is 1. The summed E-state index contributed by atoms with van der Waals surface area (Å²) < 4.78 is 34.8. The van der Waals surface area contributed by atoms with Crippen LogP contribution >= 0.6 is 0 Å². The highest BCUT2D eigenvalue weighted by atomic mass is 32.2. The molecule has 1 fully saturated rings. The normalized spacial score (nSPS) is 19.4. The fraction of sp³-hybridized carbons (Fsp3) is 0.417. The van der Waals surface area contributed by atoms with Gasteiger partial charge >= 0.3 is 6.01 Å². The number of nitrogens with one attached hydrogen (secondary N) is 1. The summed E-state index contributed by atoms with van der Waals surface area (Å²) in [6.45, 7) is 0.332. The first-order valence-corrected chi connectivity index (χ1v) is 8.45. The topological polar surface area (TPSA) is 119 Å². The maximum atomic E-state index is 12.2. The Hall–Kier alpha value is -2.20. The molecule has 9 nitrogen and oxygen atoms in total. The second-order valence-corrected chi connectivity index (χ2v) is 6.85. The Morgan fingerprint density at radius 1 is 1.45 bits per heavy atom. The highest BCUT2D eigenvalue weighted by Gasteiger charge is 2.37. The predicted molar refractivity (Wildman–Crippen MR) is 75.2 cm³/mol. The zero-order valence-electron chi connectivity index (χ0n) is 11.7. The minimum atomic E-state index is -3.43. The van der Waals surface area contributed by atoms with Crippen molar-refractivity contribution in [3.05, 3.63) is 18.4 Å². The van der Waals surface area contributed by atoms with Crippen molar-refractivity contribution < 1.29 is 22.0 Å². The van der Waals surface area contributed by atoms with Gasteiger partial charge in [0.1, 0.15) is 6.04 Å². The Balaban J connectivity index is 1.72. The lowest BCUT2D eigenvalue weighted by Crippen LogP contribution is -2.42. The van der Waals surface area contributed by atoms with Gasteiger partial charge in [0.15, 0.2) is 5.76 Å². The number of rotatable bonds is 4. The molecular weight excluding hydrogens is 312 g/mol. The van der Waals surface area contributed by atoms with Gasteiger partial charge in [0, 0.05) is 6.54 Å². The van der Waals surface area contributed by atoms with E-state index < -0.39 is 22.0 Å². The molecule has 1 amide bonds. The van der Waals surface area contributed by atoms with Crippen LogP contribution in [-0.4, -0.2) is 47.7 Å². The van der Waals surface area contributed by atoms with Crippen molar-refractivity contribution in [2.75, 3.05) is 18.1 Å². The molecule has 0 aliphatic carbocycles. The Morgan fingerprint density at radius 2 is 2.27 bits per heavy atom. The van der Waals surface area contributed by atoms with E-state index in [0.717, 1.165) is 6.26 Å². The number of carbonyl (C=O) groups is 1. The van der Waals surface area contributed by atoms with Gasteiger partial charge in [0.25, 0.3) is 5.89 Å². The summed E-state index contributed by atoms with van der Waals surface area (Å²) in [6.07, 6.45) is 3.63. The standard InChI is InChI=1S/C12H14N4O5S/c1-22(18,19)16-6-2-4-8(16)10(17)13-12-15-14-11(21-12)9-5-3-7-20-9/h3,5,7-8H,2,4,6H2,1H3,(H,13,15,17)/t8-/m0/s1. The highest BCUT2D eigenvalue weighted by Crippen LogP contribution is 2.23. The third-order valence-electron chi connectivity index (χ3n) is 3.32. The summed E-state index contributed by atoms with van der Waals surface area (Å²) in [5.74, 6) is 0.0240. The molecule has 0 saturated carbocycles. The van der Waals surface area contributed by atoms with E-state index in [4.69, 9.17) is 8.83 Å². The average molecular weight is 326 g/mol. The molecule has 118 valence electrons. The molecule has 1 aliphatic heterocycles. The molecule has 2 aromatic heterocycles. The molecule has 22 heavy (non-hydrogen) atoms. The van der Waals surface area contributed by atoms with E-state index in [1.165, 1.54) is 10.6 Å². The third-order valence-corrected chi connectivity index (χ3v) is 4.61. The Morgan fingerprint density at radius 3 is 2.95 bits per heavy atom. The third kappa shape index (κ3) is 2.88. The van der Waals surface area contributed by atoms with Crippen LogP contribution in [0.25, 0.3) is 11.7 Å². The molecule has 0 aromatic carbocycles. The molecule has 3 rings (SSSR count). The maximum Gasteiger partial charge on any atom is 0.322 e. The van der Waals surface area contributed by atoms with Crippen LogP contribution in [0.15, 0.2) is 27.2 Å². The first kappa shape index (κ1) is 14.7. The summed E-state index contributed by atoms with van der Waals surface area (Å²) in [7, 11) is -3.43. The smallest absolute Gasteiger partial charge is 0.322 e. The number of amides is 1. The van der Waals surface area contributed by atoms with E-state index in [2.05, 4.69) is 15.5 Å². The molecule has 2 aromatic rings. The van der Waals surface area contributed by atoms with Crippen LogP contribution in [0.1, 0.15) is 12.8 Å².